The minimum absolute atomic E-state index is 0.0444. The van der Waals surface area contributed by atoms with Crippen molar-refractivity contribution >= 4 is 45.5 Å². The summed E-state index contributed by atoms with van der Waals surface area (Å²) in [5, 5.41) is 7.57. The van der Waals surface area contributed by atoms with E-state index in [4.69, 9.17) is 17.0 Å². The highest BCUT2D eigenvalue weighted by Gasteiger charge is 2.08. The molecule has 5 nitrogen and oxygen atoms in total. The lowest BCUT2D eigenvalue weighted by Gasteiger charge is -2.12. The Morgan fingerprint density at radius 2 is 1.74 bits per heavy atom. The Labute approximate surface area is 162 Å². The van der Waals surface area contributed by atoms with E-state index in [0.29, 0.717) is 17.0 Å². The Balaban J connectivity index is 1.56. The van der Waals surface area contributed by atoms with Gasteiger partial charge in [-0.2, -0.15) is 0 Å². The van der Waals surface area contributed by atoms with Gasteiger partial charge in [-0.1, -0.05) is 48.5 Å². The number of fused-ring (bicyclic) bond motifs is 1. The van der Waals surface area contributed by atoms with Crippen LogP contribution >= 0.6 is 12.2 Å². The molecule has 3 aromatic rings. The van der Waals surface area contributed by atoms with E-state index in [1.807, 2.05) is 42.5 Å². The fourth-order valence-electron chi connectivity index (χ4n) is 2.61. The summed E-state index contributed by atoms with van der Waals surface area (Å²) >= 11 is 5.15. The van der Waals surface area contributed by atoms with Crippen LogP contribution in [0.2, 0.25) is 0 Å². The molecule has 0 heterocycles. The van der Waals surface area contributed by atoms with Gasteiger partial charge in [-0.15, -0.1) is 0 Å². The van der Waals surface area contributed by atoms with Crippen molar-refractivity contribution in [2.75, 3.05) is 11.9 Å². The number of ketones is 1. The second-order valence-electron chi connectivity index (χ2n) is 5.91. The molecular formula is C21H18N2O3S. The summed E-state index contributed by atoms with van der Waals surface area (Å²) in [5.41, 5.74) is 1.19. The second kappa shape index (κ2) is 8.42. The van der Waals surface area contributed by atoms with Crippen LogP contribution < -0.4 is 15.4 Å². The second-order valence-corrected chi connectivity index (χ2v) is 6.31. The minimum atomic E-state index is -0.372. The van der Waals surface area contributed by atoms with Gasteiger partial charge >= 0.3 is 0 Å². The standard InChI is InChI=1S/C21H18N2O3S/c1-14(24)16-8-4-9-17(12-16)22-21(27)23-20(25)13-26-19-11-5-7-15-6-2-3-10-18(15)19/h2-12H,13H2,1H3,(H2,22,23,25,27). The first-order valence-electron chi connectivity index (χ1n) is 8.35. The van der Waals surface area contributed by atoms with Crippen molar-refractivity contribution in [3.05, 3.63) is 72.3 Å². The molecule has 3 rings (SSSR count). The van der Waals surface area contributed by atoms with Gasteiger partial charge in [0, 0.05) is 16.6 Å². The van der Waals surface area contributed by atoms with Crippen molar-refractivity contribution in [1.82, 2.24) is 5.32 Å². The van der Waals surface area contributed by atoms with E-state index in [0.717, 1.165) is 10.8 Å². The zero-order valence-electron chi connectivity index (χ0n) is 14.7. The molecule has 0 saturated carbocycles. The molecule has 0 aromatic heterocycles. The number of anilines is 1. The summed E-state index contributed by atoms with van der Waals surface area (Å²) < 4.78 is 5.64. The van der Waals surface area contributed by atoms with Crippen LogP contribution in [0.4, 0.5) is 5.69 Å². The van der Waals surface area contributed by atoms with E-state index in [-0.39, 0.29) is 23.4 Å². The third kappa shape index (κ3) is 4.89. The maximum absolute atomic E-state index is 12.1. The van der Waals surface area contributed by atoms with Gasteiger partial charge in [-0.3, -0.25) is 14.9 Å². The molecule has 0 fully saturated rings. The van der Waals surface area contributed by atoms with Crippen LogP contribution in [0.3, 0.4) is 0 Å². The molecule has 136 valence electrons. The number of hydrogen-bond acceptors (Lipinski definition) is 4. The molecule has 0 aliphatic rings. The van der Waals surface area contributed by atoms with Gasteiger partial charge in [0.05, 0.1) is 0 Å². The monoisotopic (exact) mass is 378 g/mol. The maximum atomic E-state index is 12.1. The van der Waals surface area contributed by atoms with E-state index in [1.165, 1.54) is 6.92 Å². The first-order valence-corrected chi connectivity index (χ1v) is 8.76. The molecule has 0 bridgehead atoms. The number of thiocarbonyl (C=S) groups is 1. The van der Waals surface area contributed by atoms with Crippen LogP contribution in [0.1, 0.15) is 17.3 Å². The van der Waals surface area contributed by atoms with E-state index in [1.54, 1.807) is 24.3 Å². The van der Waals surface area contributed by atoms with E-state index >= 15 is 0 Å². The van der Waals surface area contributed by atoms with Crippen molar-refractivity contribution in [3.63, 3.8) is 0 Å². The third-order valence-corrected chi connectivity index (χ3v) is 4.09. The number of Topliss-reactive ketones (excluding diaryl/α,β-unsaturated/α-hetero) is 1. The predicted octanol–water partition coefficient (Wildman–Crippen LogP) is 3.93. The number of benzene rings is 3. The summed E-state index contributed by atoms with van der Waals surface area (Å²) in [7, 11) is 0. The van der Waals surface area contributed by atoms with Crippen LogP contribution in [-0.2, 0) is 4.79 Å². The molecule has 27 heavy (non-hydrogen) atoms. The Bertz CT molecular complexity index is 1010. The van der Waals surface area contributed by atoms with Gasteiger partial charge in [0.25, 0.3) is 5.91 Å². The fourth-order valence-corrected chi connectivity index (χ4v) is 2.84. The van der Waals surface area contributed by atoms with Crippen LogP contribution in [0, 0.1) is 0 Å². The van der Waals surface area contributed by atoms with Crippen LogP contribution in [0.15, 0.2) is 66.7 Å². The smallest absolute Gasteiger partial charge is 0.264 e. The summed E-state index contributed by atoms with van der Waals surface area (Å²) in [5.74, 6) is 0.219. The maximum Gasteiger partial charge on any atom is 0.264 e. The molecular weight excluding hydrogens is 360 g/mol. The van der Waals surface area contributed by atoms with Crippen molar-refractivity contribution in [2.45, 2.75) is 6.92 Å². The molecule has 1 amide bonds. The highest BCUT2D eigenvalue weighted by Crippen LogP contribution is 2.24. The molecule has 0 unspecified atom stereocenters. The van der Waals surface area contributed by atoms with Crippen LogP contribution in [0.5, 0.6) is 5.75 Å². The van der Waals surface area contributed by atoms with Gasteiger partial charge in [-0.05, 0) is 42.7 Å². The third-order valence-electron chi connectivity index (χ3n) is 3.89. The number of rotatable bonds is 5. The predicted molar refractivity (Wildman–Crippen MR) is 110 cm³/mol. The van der Waals surface area contributed by atoms with Gasteiger partial charge < -0.3 is 10.1 Å². The Morgan fingerprint density at radius 3 is 2.56 bits per heavy atom. The zero-order valence-corrected chi connectivity index (χ0v) is 15.5. The van der Waals surface area contributed by atoms with E-state index in [9.17, 15) is 9.59 Å². The molecule has 0 saturated heterocycles. The molecule has 2 N–H and O–H groups in total. The van der Waals surface area contributed by atoms with E-state index in [2.05, 4.69) is 10.6 Å². The lowest BCUT2D eigenvalue weighted by Crippen LogP contribution is -2.37. The molecule has 0 aliphatic carbocycles. The van der Waals surface area contributed by atoms with Crippen molar-refractivity contribution < 1.29 is 14.3 Å². The Hall–Kier alpha value is -3.25. The number of carbonyl (C=O) groups is 2. The average molecular weight is 378 g/mol. The van der Waals surface area contributed by atoms with Crippen molar-refractivity contribution in [1.29, 1.82) is 0 Å². The SMILES string of the molecule is CC(=O)c1cccc(NC(=S)NC(=O)COc2cccc3ccccc23)c1. The Morgan fingerprint density at radius 1 is 1.00 bits per heavy atom. The number of ether oxygens (including phenoxy) is 1. The molecule has 6 heteroatoms. The first-order chi connectivity index (χ1) is 13.0. The van der Waals surface area contributed by atoms with Crippen molar-refractivity contribution in [3.8, 4) is 5.75 Å². The van der Waals surface area contributed by atoms with Gasteiger partial charge in [0.15, 0.2) is 17.5 Å². The lowest BCUT2D eigenvalue weighted by atomic mass is 10.1. The molecule has 0 radical (unpaired) electrons. The van der Waals surface area contributed by atoms with Crippen LogP contribution in [-0.4, -0.2) is 23.4 Å². The van der Waals surface area contributed by atoms with Gasteiger partial charge in [-0.25, -0.2) is 0 Å². The van der Waals surface area contributed by atoms with E-state index < -0.39 is 0 Å². The minimum Gasteiger partial charge on any atom is -0.483 e. The Kier molecular flexibility index (Phi) is 5.78. The number of nitrogens with one attached hydrogen (secondary N) is 2. The number of hydrogen-bond donors (Lipinski definition) is 2. The quantitative estimate of drug-likeness (QED) is 0.520. The van der Waals surface area contributed by atoms with Crippen molar-refractivity contribution in [2.24, 2.45) is 0 Å². The zero-order chi connectivity index (χ0) is 19.2. The van der Waals surface area contributed by atoms with Gasteiger partial charge in [0.1, 0.15) is 5.75 Å². The molecule has 0 aliphatic heterocycles. The highest BCUT2D eigenvalue weighted by molar-refractivity contribution is 7.80. The largest absolute Gasteiger partial charge is 0.483 e. The summed E-state index contributed by atoms with van der Waals surface area (Å²) in [4.78, 5) is 23.5. The molecule has 0 spiro atoms. The summed E-state index contributed by atoms with van der Waals surface area (Å²) in [6.45, 7) is 1.33. The first kappa shape index (κ1) is 18.5. The highest BCUT2D eigenvalue weighted by atomic mass is 32.1. The topological polar surface area (TPSA) is 67.4 Å². The lowest BCUT2D eigenvalue weighted by molar-refractivity contribution is -0.121. The number of amides is 1. The summed E-state index contributed by atoms with van der Waals surface area (Å²) in [6, 6.07) is 20.4. The molecule has 0 atom stereocenters. The number of carbonyl (C=O) groups excluding carboxylic acids is 2. The normalized spacial score (nSPS) is 10.3. The fraction of sp³-hybridized carbons (Fsp3) is 0.0952. The summed E-state index contributed by atoms with van der Waals surface area (Å²) in [6.07, 6.45) is 0. The molecule has 3 aromatic carbocycles. The van der Waals surface area contributed by atoms with Crippen LogP contribution in [0.25, 0.3) is 10.8 Å². The van der Waals surface area contributed by atoms with Gasteiger partial charge in [0.2, 0.25) is 0 Å². The average Bonchev–Trinajstić information content (AvgIpc) is 2.66.